The van der Waals surface area contributed by atoms with Crippen LogP contribution in [0.4, 0.5) is 0 Å². The Balaban J connectivity index is 4.97. The van der Waals surface area contributed by atoms with Gasteiger partial charge in [0.1, 0.15) is 7.15 Å². The second-order valence-electron chi connectivity index (χ2n) is 1.81. The van der Waals surface area contributed by atoms with E-state index in [9.17, 15) is 4.79 Å². The van der Waals surface area contributed by atoms with Crippen molar-refractivity contribution < 1.29 is 4.79 Å². The van der Waals surface area contributed by atoms with Crippen molar-refractivity contribution in [1.29, 1.82) is 0 Å². The molecule has 0 aliphatic rings. The molecule has 0 saturated carbocycles. The van der Waals surface area contributed by atoms with Gasteiger partial charge in [0.25, 0.3) is 0 Å². The van der Waals surface area contributed by atoms with Crippen LogP contribution < -0.4 is 0 Å². The van der Waals surface area contributed by atoms with Crippen LogP contribution in [0, 0.1) is 0 Å². The molecular formula is C4HI7O. The first-order chi connectivity index (χ1) is 5.06. The Bertz CT molecular complexity index is 180. The fourth-order valence-electron chi connectivity index (χ4n) is 0.263. The SMILES string of the molecule is O=CC(I)(I)C(I)(I)C(I)(I)I. The summed E-state index contributed by atoms with van der Waals surface area (Å²) in [6, 6.07) is 0. The number of rotatable bonds is 3. The van der Waals surface area contributed by atoms with E-state index in [1.807, 2.05) is 0 Å². The number of halogens is 7. The average molecular weight is 953 g/mol. The Morgan fingerprint density at radius 1 is 0.833 bits per heavy atom. The lowest BCUT2D eigenvalue weighted by Crippen LogP contribution is -2.44. The molecule has 0 fully saturated rings. The Hall–Kier alpha value is 4.78. The third kappa shape index (κ3) is 4.22. The van der Waals surface area contributed by atoms with Crippen LogP contribution in [0.3, 0.4) is 0 Å². The first kappa shape index (κ1) is 16.8. The van der Waals surface area contributed by atoms with Gasteiger partial charge in [-0.25, -0.2) is 0 Å². The highest BCUT2D eigenvalue weighted by Gasteiger charge is 2.56. The summed E-state index contributed by atoms with van der Waals surface area (Å²) in [7, 11) is 0. The molecule has 0 heterocycles. The molecule has 12 heavy (non-hydrogen) atoms. The van der Waals surface area contributed by atoms with E-state index in [-0.39, 0.29) is 2.29 Å². The van der Waals surface area contributed by atoms with Gasteiger partial charge in [0, 0.05) is 0 Å². The molecule has 0 unspecified atom stereocenters. The molecule has 0 aromatic heterocycles. The Kier molecular flexibility index (Phi) is 8.52. The van der Waals surface area contributed by atoms with Crippen LogP contribution in [-0.2, 0) is 4.79 Å². The second-order valence-corrected chi connectivity index (χ2v) is 23.6. The highest BCUT2D eigenvalue weighted by molar-refractivity contribution is 14.3. The number of carbonyl (C=O) groups is 1. The molecule has 72 valence electrons. The zero-order chi connectivity index (χ0) is 10.2. The highest BCUT2D eigenvalue weighted by atomic mass is 127. The summed E-state index contributed by atoms with van der Waals surface area (Å²) >= 11 is 16.2. The minimum atomic E-state index is -0.368. The highest BCUT2D eigenvalue weighted by Crippen LogP contribution is 2.63. The zero-order valence-corrected chi connectivity index (χ0v) is 20.2. The average Bonchev–Trinajstić information content (AvgIpc) is 1.85. The second kappa shape index (κ2) is 6.10. The molecule has 0 aliphatic heterocycles. The Morgan fingerprint density at radius 3 is 1.25 bits per heavy atom. The monoisotopic (exact) mass is 953 g/mol. The Morgan fingerprint density at radius 2 is 1.17 bits per heavy atom. The molecule has 1 nitrogen and oxygen atoms in total. The van der Waals surface area contributed by atoms with Crippen molar-refractivity contribution in [2.24, 2.45) is 0 Å². The first-order valence-electron chi connectivity index (χ1n) is 2.35. The third-order valence-electron chi connectivity index (χ3n) is 0.923. The van der Waals surface area contributed by atoms with Gasteiger partial charge >= 0.3 is 0 Å². The lowest BCUT2D eigenvalue weighted by Gasteiger charge is -2.37. The smallest absolute Gasteiger partial charge is 0.154 e. The molecule has 0 amide bonds. The number of aldehydes is 1. The number of hydrogen-bond acceptors (Lipinski definition) is 1. The van der Waals surface area contributed by atoms with Crippen molar-refractivity contribution in [2.45, 2.75) is 2.29 Å². The molecule has 0 aliphatic carbocycles. The van der Waals surface area contributed by atoms with E-state index < -0.39 is 0 Å². The quantitative estimate of drug-likeness (QED) is 0.214. The van der Waals surface area contributed by atoms with E-state index in [0.717, 1.165) is 6.29 Å². The van der Waals surface area contributed by atoms with Gasteiger partial charge in [-0.15, -0.1) is 0 Å². The molecule has 0 saturated heterocycles. The predicted molar refractivity (Wildman–Crippen MR) is 112 cm³/mol. The van der Waals surface area contributed by atoms with E-state index in [1.165, 1.54) is 0 Å². The van der Waals surface area contributed by atoms with Crippen LogP contribution in [0.15, 0.2) is 0 Å². The zero-order valence-electron chi connectivity index (χ0n) is 5.13. The fourth-order valence-corrected chi connectivity index (χ4v) is 5.70. The van der Waals surface area contributed by atoms with Gasteiger partial charge in [0.15, 0.2) is 1.43 Å². The predicted octanol–water partition coefficient (Wildman–Crippen LogP) is 5.28. The minimum absolute atomic E-state index is 0.0185. The summed E-state index contributed by atoms with van der Waals surface area (Å²) in [5.41, 5.74) is 0. The largest absolute Gasteiger partial charge is 0.301 e. The van der Waals surface area contributed by atoms with Crippen molar-refractivity contribution in [3.05, 3.63) is 0 Å². The summed E-state index contributed by atoms with van der Waals surface area (Å²) in [6.07, 6.45) is 1.01. The lowest BCUT2D eigenvalue weighted by atomic mass is 10.4. The van der Waals surface area contributed by atoms with Crippen molar-refractivity contribution in [1.82, 2.24) is 0 Å². The maximum Gasteiger partial charge on any atom is 0.154 e. The molecule has 0 aromatic rings. The standard InChI is InChI=1S/C4HI7O/c5-2(6,1-12)3(7,8)4(9,10)11/h1H. The van der Waals surface area contributed by atoms with E-state index in [4.69, 9.17) is 0 Å². The van der Waals surface area contributed by atoms with Crippen LogP contribution in [0.1, 0.15) is 0 Å². The van der Waals surface area contributed by atoms with Gasteiger partial charge in [-0.1, -0.05) is 158 Å². The molecule has 0 rings (SSSR count). The molecule has 0 aromatic carbocycles. The van der Waals surface area contributed by atoms with Crippen molar-refractivity contribution in [3.63, 3.8) is 0 Å². The van der Waals surface area contributed by atoms with E-state index in [2.05, 4.69) is 158 Å². The lowest BCUT2D eigenvalue weighted by molar-refractivity contribution is -0.107. The van der Waals surface area contributed by atoms with Gasteiger partial charge in [-0.3, -0.25) is 0 Å². The molecule has 0 bridgehead atoms. The van der Waals surface area contributed by atoms with Gasteiger partial charge < -0.3 is 4.79 Å². The summed E-state index contributed by atoms with van der Waals surface area (Å²) in [4.78, 5) is 10.9. The van der Waals surface area contributed by atoms with Crippen LogP contribution in [0.5, 0.6) is 0 Å². The number of alkyl halides is 7. The summed E-state index contributed by atoms with van der Waals surface area (Å²) in [5, 5.41) is 0. The van der Waals surface area contributed by atoms with Gasteiger partial charge in [0.05, 0.1) is 0 Å². The fraction of sp³-hybridized carbons (Fsp3) is 0.750. The number of hydrogen-bond donors (Lipinski definition) is 0. The van der Waals surface area contributed by atoms with E-state index >= 15 is 0 Å². The molecule has 0 radical (unpaired) electrons. The minimum Gasteiger partial charge on any atom is -0.301 e. The molecule has 0 spiro atoms. The topological polar surface area (TPSA) is 17.1 Å². The van der Waals surface area contributed by atoms with Crippen LogP contribution in [0.25, 0.3) is 0 Å². The normalized spacial score (nSPS) is 14.6. The van der Waals surface area contributed by atoms with E-state index in [1.54, 1.807) is 0 Å². The number of carbonyl (C=O) groups excluding carboxylic acids is 1. The maximum absolute atomic E-state index is 10.9. The summed E-state index contributed by atoms with van der Waals surface area (Å²) in [6.45, 7) is 0. The van der Waals surface area contributed by atoms with Gasteiger partial charge in [-0.05, 0) is 0 Å². The van der Waals surface area contributed by atoms with Crippen LogP contribution >= 0.6 is 158 Å². The first-order valence-corrected chi connectivity index (χ1v) is 9.90. The van der Waals surface area contributed by atoms with E-state index in [0.29, 0.717) is 0 Å². The van der Waals surface area contributed by atoms with Crippen LogP contribution in [0.2, 0.25) is 0 Å². The molecule has 0 N–H and O–H groups in total. The molecular weight excluding hydrogens is 952 g/mol. The Labute approximate surface area is 167 Å². The maximum atomic E-state index is 10.9. The third-order valence-corrected chi connectivity index (χ3v) is 19.1. The van der Waals surface area contributed by atoms with Crippen molar-refractivity contribution >= 4 is 164 Å². The summed E-state index contributed by atoms with van der Waals surface area (Å²) in [5.74, 6) is 0. The van der Waals surface area contributed by atoms with Crippen molar-refractivity contribution in [2.75, 3.05) is 0 Å². The van der Waals surface area contributed by atoms with Crippen LogP contribution in [-0.4, -0.2) is 8.58 Å². The molecule has 8 heteroatoms. The molecule has 0 atom stereocenters. The summed E-state index contributed by atoms with van der Waals surface area (Å²) < 4.78 is -0.460. The van der Waals surface area contributed by atoms with Gasteiger partial charge in [0.2, 0.25) is 0 Å². The van der Waals surface area contributed by atoms with Crippen molar-refractivity contribution in [3.8, 4) is 0 Å². The van der Waals surface area contributed by atoms with Gasteiger partial charge in [-0.2, -0.15) is 0 Å².